The van der Waals surface area contributed by atoms with Gasteiger partial charge in [0.15, 0.2) is 0 Å². The molecule has 0 aromatic carbocycles. The van der Waals surface area contributed by atoms with Crippen molar-refractivity contribution in [1.29, 1.82) is 0 Å². The largest absolute Gasteiger partial charge is 0.394 e. The van der Waals surface area contributed by atoms with Crippen molar-refractivity contribution >= 4 is 0 Å². The predicted octanol–water partition coefficient (Wildman–Crippen LogP) is 0.0143. The number of hydrogen-bond donors (Lipinski definition) is 3. The molecule has 2 aliphatic rings. The van der Waals surface area contributed by atoms with Gasteiger partial charge in [-0.2, -0.15) is 0 Å². The van der Waals surface area contributed by atoms with E-state index in [1.54, 1.807) is 0 Å². The summed E-state index contributed by atoms with van der Waals surface area (Å²) in [6, 6.07) is 0.613. The number of rotatable bonds is 3. The number of hydrogen-bond acceptors (Lipinski definition) is 3. The van der Waals surface area contributed by atoms with Crippen molar-refractivity contribution in [2.24, 2.45) is 0 Å². The molecule has 0 aromatic heterocycles. The molecular weight excluding hydrogens is 154 g/mol. The predicted molar refractivity (Wildman–Crippen MR) is 45.8 cm³/mol. The van der Waals surface area contributed by atoms with Crippen LogP contribution in [0.2, 0.25) is 0 Å². The average Bonchev–Trinajstić information content (AvgIpc) is 2.77. The van der Waals surface area contributed by atoms with Gasteiger partial charge in [0.2, 0.25) is 0 Å². The van der Waals surface area contributed by atoms with Crippen molar-refractivity contribution < 1.29 is 10.2 Å². The number of aliphatic hydroxyl groups is 2. The Balaban J connectivity index is 1.93. The van der Waals surface area contributed by atoms with Gasteiger partial charge in [0, 0.05) is 11.6 Å². The highest BCUT2D eigenvalue weighted by atomic mass is 16.3. The van der Waals surface area contributed by atoms with Gasteiger partial charge >= 0.3 is 0 Å². The van der Waals surface area contributed by atoms with E-state index < -0.39 is 0 Å². The Morgan fingerprint density at radius 2 is 2.08 bits per heavy atom. The Labute approximate surface area is 72.8 Å². The highest BCUT2D eigenvalue weighted by molar-refractivity contribution is 5.00. The Bertz CT molecular complexity index is 170. The first-order valence-electron chi connectivity index (χ1n) is 4.81. The summed E-state index contributed by atoms with van der Waals surface area (Å²) in [7, 11) is 0. The third kappa shape index (κ3) is 1.63. The van der Waals surface area contributed by atoms with Gasteiger partial charge in [-0.25, -0.2) is 0 Å². The van der Waals surface area contributed by atoms with Crippen LogP contribution in [0.4, 0.5) is 0 Å². The van der Waals surface area contributed by atoms with E-state index in [1.165, 1.54) is 12.8 Å². The smallest absolute Gasteiger partial charge is 0.0614 e. The molecule has 0 aromatic rings. The van der Waals surface area contributed by atoms with Crippen molar-refractivity contribution in [1.82, 2.24) is 5.32 Å². The maximum atomic E-state index is 9.38. The Kier molecular flexibility index (Phi) is 2.10. The summed E-state index contributed by atoms with van der Waals surface area (Å²) in [6.45, 7) is 0.167. The minimum atomic E-state index is -0.205. The average molecular weight is 171 g/mol. The molecule has 70 valence electrons. The monoisotopic (exact) mass is 171 g/mol. The normalized spacial score (nSPS) is 42.0. The maximum absolute atomic E-state index is 9.38. The molecular formula is C9H17NO2. The minimum Gasteiger partial charge on any atom is -0.394 e. The maximum Gasteiger partial charge on any atom is 0.0614 e. The van der Waals surface area contributed by atoms with Gasteiger partial charge in [0.1, 0.15) is 0 Å². The van der Waals surface area contributed by atoms with E-state index in [0.29, 0.717) is 6.04 Å². The Hall–Kier alpha value is -0.120. The highest BCUT2D eigenvalue weighted by Gasteiger charge is 2.41. The minimum absolute atomic E-state index is 0.152. The first kappa shape index (κ1) is 8.48. The Morgan fingerprint density at radius 3 is 2.50 bits per heavy atom. The fourth-order valence-corrected chi connectivity index (χ4v) is 2.08. The molecule has 2 aliphatic carbocycles. The van der Waals surface area contributed by atoms with Crippen LogP contribution in [0.15, 0.2) is 0 Å². The van der Waals surface area contributed by atoms with E-state index in [0.717, 1.165) is 19.3 Å². The second-order valence-electron chi connectivity index (χ2n) is 4.25. The molecule has 0 amide bonds. The van der Waals surface area contributed by atoms with E-state index >= 15 is 0 Å². The van der Waals surface area contributed by atoms with Gasteiger partial charge in [-0.3, -0.25) is 0 Å². The molecule has 3 nitrogen and oxygen atoms in total. The summed E-state index contributed by atoms with van der Waals surface area (Å²) >= 11 is 0. The van der Waals surface area contributed by atoms with Crippen LogP contribution >= 0.6 is 0 Å². The Morgan fingerprint density at radius 1 is 1.33 bits per heavy atom. The zero-order chi connectivity index (χ0) is 8.60. The zero-order valence-electron chi connectivity index (χ0n) is 7.29. The summed E-state index contributed by atoms with van der Waals surface area (Å²) in [4.78, 5) is 0. The van der Waals surface area contributed by atoms with Crippen LogP contribution in [-0.2, 0) is 0 Å². The third-order valence-corrected chi connectivity index (χ3v) is 2.97. The molecule has 12 heavy (non-hydrogen) atoms. The number of aliphatic hydroxyl groups excluding tert-OH is 2. The summed E-state index contributed by atoms with van der Waals surface area (Å²) in [5, 5.41) is 22.1. The van der Waals surface area contributed by atoms with Crippen LogP contribution in [0.3, 0.4) is 0 Å². The lowest BCUT2D eigenvalue weighted by Crippen LogP contribution is -2.47. The van der Waals surface area contributed by atoms with Gasteiger partial charge in [-0.15, -0.1) is 0 Å². The molecule has 2 fully saturated rings. The molecule has 0 heterocycles. The first-order valence-corrected chi connectivity index (χ1v) is 4.81. The third-order valence-electron chi connectivity index (χ3n) is 2.97. The topological polar surface area (TPSA) is 52.5 Å². The van der Waals surface area contributed by atoms with Gasteiger partial charge in [0.05, 0.1) is 12.7 Å². The lowest BCUT2D eigenvalue weighted by molar-refractivity contribution is 0.129. The number of nitrogens with one attached hydrogen (secondary N) is 1. The molecule has 2 atom stereocenters. The van der Waals surface area contributed by atoms with Crippen LogP contribution < -0.4 is 5.32 Å². The molecule has 2 rings (SSSR count). The molecule has 0 aliphatic heterocycles. The molecule has 0 spiro atoms. The molecule has 2 saturated carbocycles. The summed E-state index contributed by atoms with van der Waals surface area (Å²) in [5.74, 6) is 0. The molecule has 0 bridgehead atoms. The van der Waals surface area contributed by atoms with E-state index in [2.05, 4.69) is 5.32 Å². The first-order chi connectivity index (χ1) is 5.74. The second kappa shape index (κ2) is 2.98. The van der Waals surface area contributed by atoms with Crippen molar-refractivity contribution in [3.63, 3.8) is 0 Å². The van der Waals surface area contributed by atoms with Gasteiger partial charge in [-0.1, -0.05) is 0 Å². The van der Waals surface area contributed by atoms with Crippen LogP contribution in [0, 0.1) is 0 Å². The van der Waals surface area contributed by atoms with Crippen molar-refractivity contribution in [3.05, 3.63) is 0 Å². The van der Waals surface area contributed by atoms with Gasteiger partial charge in [-0.05, 0) is 32.1 Å². The SMILES string of the molecule is OCC1(NC2CC2)CCC(O)C1. The molecule has 3 heteroatoms. The molecule has 0 saturated heterocycles. The zero-order valence-corrected chi connectivity index (χ0v) is 7.29. The van der Waals surface area contributed by atoms with Crippen LogP contribution in [0.25, 0.3) is 0 Å². The second-order valence-corrected chi connectivity index (χ2v) is 4.25. The van der Waals surface area contributed by atoms with Gasteiger partial charge < -0.3 is 15.5 Å². The van der Waals surface area contributed by atoms with E-state index in [4.69, 9.17) is 0 Å². The van der Waals surface area contributed by atoms with Crippen LogP contribution in [0.1, 0.15) is 32.1 Å². The van der Waals surface area contributed by atoms with E-state index in [-0.39, 0.29) is 18.2 Å². The lowest BCUT2D eigenvalue weighted by atomic mass is 9.98. The quantitative estimate of drug-likeness (QED) is 0.561. The fraction of sp³-hybridized carbons (Fsp3) is 1.00. The molecule has 3 N–H and O–H groups in total. The molecule has 0 radical (unpaired) electrons. The molecule has 2 unspecified atom stereocenters. The van der Waals surface area contributed by atoms with Crippen LogP contribution in [-0.4, -0.2) is 34.5 Å². The van der Waals surface area contributed by atoms with Crippen molar-refractivity contribution in [2.45, 2.75) is 49.8 Å². The standard InChI is InChI=1S/C9H17NO2/c11-6-9(10-7-1-2-7)4-3-8(12)5-9/h7-8,10-12H,1-6H2. The fourth-order valence-electron chi connectivity index (χ4n) is 2.08. The van der Waals surface area contributed by atoms with Crippen LogP contribution in [0.5, 0.6) is 0 Å². The van der Waals surface area contributed by atoms with Gasteiger partial charge in [0.25, 0.3) is 0 Å². The van der Waals surface area contributed by atoms with E-state index in [1.807, 2.05) is 0 Å². The highest BCUT2D eigenvalue weighted by Crippen LogP contribution is 2.33. The van der Waals surface area contributed by atoms with Crippen molar-refractivity contribution in [3.8, 4) is 0 Å². The lowest BCUT2D eigenvalue weighted by Gasteiger charge is -2.28. The van der Waals surface area contributed by atoms with Crippen molar-refractivity contribution in [2.75, 3.05) is 6.61 Å². The summed E-state index contributed by atoms with van der Waals surface area (Å²) < 4.78 is 0. The summed E-state index contributed by atoms with van der Waals surface area (Å²) in [6.07, 6.45) is 4.74. The summed E-state index contributed by atoms with van der Waals surface area (Å²) in [5.41, 5.74) is -0.152. The van der Waals surface area contributed by atoms with E-state index in [9.17, 15) is 10.2 Å².